The zero-order valence-corrected chi connectivity index (χ0v) is 13.3. The highest BCUT2D eigenvalue weighted by atomic mass is 32.2. The van der Waals surface area contributed by atoms with Crippen molar-refractivity contribution in [2.45, 2.75) is 37.1 Å². The molecule has 1 aliphatic rings. The lowest BCUT2D eigenvalue weighted by Crippen LogP contribution is -2.47. The number of benzene rings is 1. The number of aliphatic carboxylic acids is 1. The lowest BCUT2D eigenvalue weighted by atomic mass is 9.94. The van der Waals surface area contributed by atoms with Crippen LogP contribution in [0, 0.1) is 0 Å². The van der Waals surface area contributed by atoms with Crippen LogP contribution in [0.25, 0.3) is 0 Å². The van der Waals surface area contributed by atoms with Crippen molar-refractivity contribution in [3.63, 3.8) is 0 Å². The second kappa shape index (κ2) is 6.39. The average molecular weight is 322 g/mol. The highest BCUT2D eigenvalue weighted by molar-refractivity contribution is 8.00. The van der Waals surface area contributed by atoms with E-state index in [2.05, 4.69) is 10.6 Å². The van der Waals surface area contributed by atoms with E-state index in [1.165, 1.54) is 11.8 Å². The Morgan fingerprint density at radius 1 is 1.45 bits per heavy atom. The van der Waals surface area contributed by atoms with Crippen molar-refractivity contribution < 1.29 is 19.5 Å². The molecule has 118 valence electrons. The molecule has 1 heterocycles. The van der Waals surface area contributed by atoms with Crippen molar-refractivity contribution in [3.8, 4) is 0 Å². The Bertz CT molecular complexity index is 632. The number of hydrogen-bond donors (Lipinski definition) is 3. The summed E-state index contributed by atoms with van der Waals surface area (Å²) in [5.74, 6) is -1.04. The number of nitrogens with one attached hydrogen (secondary N) is 2. The van der Waals surface area contributed by atoms with Gasteiger partial charge in [0.05, 0.1) is 17.9 Å². The minimum absolute atomic E-state index is 0.0978. The average Bonchev–Trinajstić information content (AvgIpc) is 2.45. The molecule has 1 atom stereocenters. The van der Waals surface area contributed by atoms with Crippen LogP contribution in [0.2, 0.25) is 0 Å². The van der Waals surface area contributed by atoms with Crippen molar-refractivity contribution in [3.05, 3.63) is 23.8 Å². The Labute approximate surface area is 132 Å². The number of carboxylic acid groups (broad SMARTS) is 1. The van der Waals surface area contributed by atoms with Gasteiger partial charge in [-0.05, 0) is 31.5 Å². The Morgan fingerprint density at radius 3 is 2.82 bits per heavy atom. The van der Waals surface area contributed by atoms with E-state index in [0.717, 1.165) is 4.90 Å². The third kappa shape index (κ3) is 3.79. The number of amides is 2. The molecule has 22 heavy (non-hydrogen) atoms. The van der Waals surface area contributed by atoms with Crippen LogP contribution in [0.5, 0.6) is 0 Å². The van der Waals surface area contributed by atoms with E-state index >= 15 is 0 Å². The van der Waals surface area contributed by atoms with Crippen LogP contribution < -0.4 is 10.6 Å². The molecule has 0 spiro atoms. The Kier molecular flexibility index (Phi) is 4.75. The molecule has 1 aliphatic heterocycles. The first-order chi connectivity index (χ1) is 10.3. The summed E-state index contributed by atoms with van der Waals surface area (Å²) < 4.78 is 0. The number of hydrogen-bond acceptors (Lipinski definition) is 4. The molecule has 1 aromatic rings. The summed E-state index contributed by atoms with van der Waals surface area (Å²) in [5, 5.41) is 14.4. The summed E-state index contributed by atoms with van der Waals surface area (Å²) in [6, 6.07) is 5.08. The van der Waals surface area contributed by atoms with Gasteiger partial charge in [0.1, 0.15) is 0 Å². The van der Waals surface area contributed by atoms with Gasteiger partial charge in [-0.2, -0.15) is 0 Å². The highest BCUT2D eigenvalue weighted by Gasteiger charge is 2.28. The van der Waals surface area contributed by atoms with Crippen LogP contribution in [0.3, 0.4) is 0 Å². The van der Waals surface area contributed by atoms with Crippen LogP contribution in [0.15, 0.2) is 23.1 Å². The highest BCUT2D eigenvalue weighted by Crippen LogP contribution is 2.32. The topological polar surface area (TPSA) is 95.5 Å². The van der Waals surface area contributed by atoms with Gasteiger partial charge in [0, 0.05) is 16.0 Å². The van der Waals surface area contributed by atoms with Crippen LogP contribution in [0.4, 0.5) is 5.69 Å². The lowest BCUT2D eigenvalue weighted by molar-refractivity contribution is -0.138. The molecule has 2 rings (SSSR count). The second-order valence-electron chi connectivity index (χ2n) is 5.49. The zero-order valence-electron chi connectivity index (χ0n) is 12.4. The van der Waals surface area contributed by atoms with E-state index in [-0.39, 0.29) is 18.2 Å². The molecule has 3 N–H and O–H groups in total. The van der Waals surface area contributed by atoms with Gasteiger partial charge in [0.15, 0.2) is 0 Å². The quantitative estimate of drug-likeness (QED) is 0.771. The van der Waals surface area contributed by atoms with Crippen molar-refractivity contribution in [2.75, 3.05) is 11.1 Å². The predicted molar refractivity (Wildman–Crippen MR) is 84.2 cm³/mol. The van der Waals surface area contributed by atoms with E-state index in [4.69, 9.17) is 5.11 Å². The Balaban J connectivity index is 2.17. The van der Waals surface area contributed by atoms with Gasteiger partial charge in [0.2, 0.25) is 5.91 Å². The Morgan fingerprint density at radius 2 is 2.18 bits per heavy atom. The maximum absolute atomic E-state index is 12.3. The molecule has 0 fully saturated rings. The molecule has 2 amide bonds. The number of fused-ring (bicyclic) bond motifs is 1. The standard InChI is InChI=1S/C15H18N2O4S/c1-3-15(2,7-13(19)20)17-14(21)9-4-5-11-10(6-9)16-12(18)8-22-11/h4-6H,3,7-8H2,1-2H3,(H,16,18)(H,17,21)(H,19,20)/t15-/m1/s1. The summed E-state index contributed by atoms with van der Waals surface area (Å²) in [5.41, 5.74) is 0.202. The van der Waals surface area contributed by atoms with E-state index in [9.17, 15) is 14.4 Å². The molecular weight excluding hydrogens is 304 g/mol. The summed E-state index contributed by atoms with van der Waals surface area (Å²) in [6.45, 7) is 3.53. The number of carbonyl (C=O) groups is 3. The molecule has 7 heteroatoms. The van der Waals surface area contributed by atoms with Gasteiger partial charge in [-0.1, -0.05) is 6.92 Å². The van der Waals surface area contributed by atoms with Gasteiger partial charge < -0.3 is 15.7 Å². The molecular formula is C15H18N2O4S. The maximum atomic E-state index is 12.3. The van der Waals surface area contributed by atoms with Gasteiger partial charge in [-0.3, -0.25) is 14.4 Å². The van der Waals surface area contributed by atoms with Crippen LogP contribution in [-0.4, -0.2) is 34.2 Å². The van der Waals surface area contributed by atoms with Crippen LogP contribution >= 0.6 is 11.8 Å². The fourth-order valence-electron chi connectivity index (χ4n) is 2.16. The number of carboxylic acids is 1. The first-order valence-electron chi connectivity index (χ1n) is 6.94. The Hall–Kier alpha value is -2.02. The van der Waals surface area contributed by atoms with Gasteiger partial charge >= 0.3 is 5.97 Å². The number of anilines is 1. The van der Waals surface area contributed by atoms with Crippen molar-refractivity contribution >= 4 is 35.2 Å². The fourth-order valence-corrected chi connectivity index (χ4v) is 2.95. The maximum Gasteiger partial charge on any atom is 0.305 e. The molecule has 1 aromatic carbocycles. The minimum Gasteiger partial charge on any atom is -0.481 e. The van der Waals surface area contributed by atoms with Crippen molar-refractivity contribution in [2.24, 2.45) is 0 Å². The molecule has 0 radical (unpaired) electrons. The van der Waals surface area contributed by atoms with Crippen LogP contribution in [-0.2, 0) is 9.59 Å². The molecule has 0 saturated carbocycles. The van der Waals surface area contributed by atoms with Gasteiger partial charge in [-0.25, -0.2) is 0 Å². The van der Waals surface area contributed by atoms with E-state index < -0.39 is 11.5 Å². The van der Waals surface area contributed by atoms with Crippen LogP contribution in [0.1, 0.15) is 37.0 Å². The van der Waals surface area contributed by atoms with Gasteiger partial charge in [-0.15, -0.1) is 11.8 Å². The van der Waals surface area contributed by atoms with E-state index in [0.29, 0.717) is 23.4 Å². The normalized spacial score (nSPS) is 16.2. The predicted octanol–water partition coefficient (Wildman–Crippen LogP) is 2.10. The monoisotopic (exact) mass is 322 g/mol. The SMILES string of the molecule is CC[C@](C)(CC(=O)O)NC(=O)c1ccc2c(c1)NC(=O)CS2. The first kappa shape index (κ1) is 16.4. The molecule has 0 unspecified atom stereocenters. The summed E-state index contributed by atoms with van der Waals surface area (Å²) in [4.78, 5) is 35.6. The second-order valence-corrected chi connectivity index (χ2v) is 6.50. The molecule has 0 aliphatic carbocycles. The van der Waals surface area contributed by atoms with E-state index in [1.54, 1.807) is 25.1 Å². The zero-order chi connectivity index (χ0) is 16.3. The van der Waals surface area contributed by atoms with Crippen molar-refractivity contribution in [1.82, 2.24) is 5.32 Å². The van der Waals surface area contributed by atoms with E-state index in [1.807, 2.05) is 6.92 Å². The third-order valence-corrected chi connectivity index (χ3v) is 4.69. The summed E-state index contributed by atoms with van der Waals surface area (Å²) in [7, 11) is 0. The molecule has 0 saturated heterocycles. The third-order valence-electron chi connectivity index (χ3n) is 3.61. The number of rotatable bonds is 5. The smallest absolute Gasteiger partial charge is 0.305 e. The number of carbonyl (C=O) groups excluding carboxylic acids is 2. The molecule has 6 nitrogen and oxygen atoms in total. The molecule has 0 aromatic heterocycles. The van der Waals surface area contributed by atoms with Crippen molar-refractivity contribution in [1.29, 1.82) is 0 Å². The lowest BCUT2D eigenvalue weighted by Gasteiger charge is -2.28. The summed E-state index contributed by atoms with van der Waals surface area (Å²) in [6.07, 6.45) is 0.356. The first-order valence-corrected chi connectivity index (χ1v) is 7.92. The van der Waals surface area contributed by atoms with Gasteiger partial charge in [0.25, 0.3) is 5.91 Å². The largest absolute Gasteiger partial charge is 0.481 e. The fraction of sp³-hybridized carbons (Fsp3) is 0.400. The molecule has 0 bridgehead atoms. The number of thioether (sulfide) groups is 1. The minimum atomic E-state index is -0.959. The summed E-state index contributed by atoms with van der Waals surface area (Å²) >= 11 is 1.42.